The van der Waals surface area contributed by atoms with Gasteiger partial charge >= 0.3 is 0 Å². The van der Waals surface area contributed by atoms with Gasteiger partial charge in [0.1, 0.15) is 0 Å². The van der Waals surface area contributed by atoms with Crippen molar-refractivity contribution in [3.8, 4) is 0 Å². The van der Waals surface area contributed by atoms with Gasteiger partial charge < -0.3 is 5.73 Å². The zero-order valence-corrected chi connectivity index (χ0v) is 12.4. The van der Waals surface area contributed by atoms with Gasteiger partial charge in [0.15, 0.2) is 0 Å². The van der Waals surface area contributed by atoms with Crippen molar-refractivity contribution in [3.05, 3.63) is 0 Å². The SMILES string of the molecule is CCCCCCCC1(CN)CCC(C)(C)CC1. The van der Waals surface area contributed by atoms with Crippen molar-refractivity contribution < 1.29 is 0 Å². The molecule has 0 bridgehead atoms. The fourth-order valence-corrected chi connectivity index (χ4v) is 3.12. The lowest BCUT2D eigenvalue weighted by Gasteiger charge is -2.43. The molecule has 1 nitrogen and oxygen atoms in total. The molecule has 1 saturated carbocycles. The second-order valence-corrected chi connectivity index (χ2v) is 7.03. The molecule has 102 valence electrons. The van der Waals surface area contributed by atoms with Crippen LogP contribution in [0.4, 0.5) is 0 Å². The van der Waals surface area contributed by atoms with Gasteiger partial charge in [0, 0.05) is 0 Å². The van der Waals surface area contributed by atoms with Crippen LogP contribution >= 0.6 is 0 Å². The monoisotopic (exact) mass is 239 g/mol. The fraction of sp³-hybridized carbons (Fsp3) is 1.00. The van der Waals surface area contributed by atoms with E-state index in [2.05, 4.69) is 20.8 Å². The van der Waals surface area contributed by atoms with Gasteiger partial charge in [-0.2, -0.15) is 0 Å². The van der Waals surface area contributed by atoms with Crippen molar-refractivity contribution in [2.24, 2.45) is 16.6 Å². The summed E-state index contributed by atoms with van der Waals surface area (Å²) in [5, 5.41) is 0. The molecular weight excluding hydrogens is 206 g/mol. The Morgan fingerprint density at radius 3 is 2.00 bits per heavy atom. The second-order valence-electron chi connectivity index (χ2n) is 7.03. The lowest BCUT2D eigenvalue weighted by Crippen LogP contribution is -2.37. The lowest BCUT2D eigenvalue weighted by atomic mass is 9.63. The van der Waals surface area contributed by atoms with Gasteiger partial charge in [0.2, 0.25) is 0 Å². The highest BCUT2D eigenvalue weighted by Crippen LogP contribution is 2.47. The molecule has 1 aliphatic rings. The van der Waals surface area contributed by atoms with Gasteiger partial charge in [0.25, 0.3) is 0 Å². The van der Waals surface area contributed by atoms with Gasteiger partial charge in [0.05, 0.1) is 0 Å². The average Bonchev–Trinajstić information content (AvgIpc) is 2.32. The van der Waals surface area contributed by atoms with E-state index in [1.54, 1.807) is 0 Å². The third kappa shape index (κ3) is 4.99. The van der Waals surface area contributed by atoms with E-state index in [9.17, 15) is 0 Å². The third-order valence-electron chi connectivity index (χ3n) is 4.91. The molecule has 0 unspecified atom stereocenters. The van der Waals surface area contributed by atoms with Crippen molar-refractivity contribution in [1.82, 2.24) is 0 Å². The molecule has 1 heteroatoms. The first-order chi connectivity index (χ1) is 8.04. The van der Waals surface area contributed by atoms with Crippen LogP contribution < -0.4 is 5.73 Å². The van der Waals surface area contributed by atoms with E-state index >= 15 is 0 Å². The summed E-state index contributed by atoms with van der Waals surface area (Å²) in [7, 11) is 0. The van der Waals surface area contributed by atoms with Crippen LogP contribution in [0.1, 0.15) is 85.0 Å². The van der Waals surface area contributed by atoms with Crippen LogP contribution in [0, 0.1) is 10.8 Å². The highest BCUT2D eigenvalue weighted by Gasteiger charge is 2.36. The highest BCUT2D eigenvalue weighted by atomic mass is 14.6. The topological polar surface area (TPSA) is 26.0 Å². The molecule has 1 aliphatic carbocycles. The predicted molar refractivity (Wildman–Crippen MR) is 77.1 cm³/mol. The van der Waals surface area contributed by atoms with Gasteiger partial charge in [-0.05, 0) is 49.5 Å². The lowest BCUT2D eigenvalue weighted by molar-refractivity contribution is 0.0966. The van der Waals surface area contributed by atoms with E-state index in [1.165, 1.54) is 64.2 Å². The highest BCUT2D eigenvalue weighted by molar-refractivity contribution is 4.89. The van der Waals surface area contributed by atoms with Crippen molar-refractivity contribution in [3.63, 3.8) is 0 Å². The molecule has 0 atom stereocenters. The number of hydrogen-bond acceptors (Lipinski definition) is 1. The first kappa shape index (κ1) is 15.0. The number of nitrogens with two attached hydrogens (primary N) is 1. The van der Waals surface area contributed by atoms with Crippen molar-refractivity contribution in [1.29, 1.82) is 0 Å². The van der Waals surface area contributed by atoms with Crippen LogP contribution in [0.15, 0.2) is 0 Å². The van der Waals surface area contributed by atoms with Crippen molar-refractivity contribution in [2.45, 2.75) is 85.0 Å². The number of hydrogen-bond donors (Lipinski definition) is 1. The normalized spacial score (nSPS) is 22.6. The Kier molecular flexibility index (Phi) is 5.99. The molecule has 17 heavy (non-hydrogen) atoms. The van der Waals surface area contributed by atoms with Crippen LogP contribution in [-0.2, 0) is 0 Å². The van der Waals surface area contributed by atoms with Gasteiger partial charge in [-0.1, -0.05) is 52.9 Å². The minimum absolute atomic E-state index is 0.502. The Hall–Kier alpha value is -0.0400. The molecule has 0 aliphatic heterocycles. The largest absolute Gasteiger partial charge is 0.330 e. The molecule has 0 aromatic heterocycles. The number of unbranched alkanes of at least 4 members (excludes halogenated alkanes) is 4. The molecule has 0 aromatic carbocycles. The second kappa shape index (κ2) is 6.78. The zero-order chi connectivity index (χ0) is 12.8. The zero-order valence-electron chi connectivity index (χ0n) is 12.4. The first-order valence-electron chi connectivity index (χ1n) is 7.74. The molecular formula is C16H33N. The molecule has 0 saturated heterocycles. The molecule has 0 amide bonds. The Morgan fingerprint density at radius 2 is 1.47 bits per heavy atom. The van der Waals surface area contributed by atoms with E-state index in [1.807, 2.05) is 0 Å². The maximum atomic E-state index is 6.07. The Balaban J connectivity index is 2.27. The van der Waals surface area contributed by atoms with Crippen LogP contribution in [0.2, 0.25) is 0 Å². The minimum atomic E-state index is 0.502. The third-order valence-corrected chi connectivity index (χ3v) is 4.91. The summed E-state index contributed by atoms with van der Waals surface area (Å²) in [6, 6.07) is 0. The van der Waals surface area contributed by atoms with Crippen molar-refractivity contribution >= 4 is 0 Å². The van der Waals surface area contributed by atoms with E-state index in [-0.39, 0.29) is 0 Å². The molecule has 1 fully saturated rings. The summed E-state index contributed by atoms with van der Waals surface area (Å²) in [5.41, 5.74) is 7.14. The van der Waals surface area contributed by atoms with Crippen LogP contribution in [0.25, 0.3) is 0 Å². The fourth-order valence-electron chi connectivity index (χ4n) is 3.12. The first-order valence-corrected chi connectivity index (χ1v) is 7.74. The smallest absolute Gasteiger partial charge is 0.00205 e. The minimum Gasteiger partial charge on any atom is -0.330 e. The van der Waals surface area contributed by atoms with Crippen LogP contribution in [0.5, 0.6) is 0 Å². The Labute approximate surface area is 109 Å². The summed E-state index contributed by atoms with van der Waals surface area (Å²) >= 11 is 0. The summed E-state index contributed by atoms with van der Waals surface area (Å²) in [4.78, 5) is 0. The molecule has 0 spiro atoms. The van der Waals surface area contributed by atoms with Crippen molar-refractivity contribution in [2.75, 3.05) is 6.54 Å². The summed E-state index contributed by atoms with van der Waals surface area (Å²) in [6.07, 6.45) is 13.8. The number of rotatable bonds is 7. The summed E-state index contributed by atoms with van der Waals surface area (Å²) in [6.45, 7) is 8.02. The standard InChI is InChI=1S/C16H33N/c1-4-5-6-7-8-9-16(14-17)12-10-15(2,3)11-13-16/h4-14,17H2,1-3H3. The molecule has 2 N–H and O–H groups in total. The van der Waals surface area contributed by atoms with Crippen LogP contribution in [0.3, 0.4) is 0 Å². The van der Waals surface area contributed by atoms with Gasteiger partial charge in [-0.25, -0.2) is 0 Å². The van der Waals surface area contributed by atoms with E-state index in [0.29, 0.717) is 10.8 Å². The van der Waals surface area contributed by atoms with E-state index in [4.69, 9.17) is 5.73 Å². The molecule has 0 aromatic rings. The van der Waals surface area contributed by atoms with Gasteiger partial charge in [-0.3, -0.25) is 0 Å². The van der Waals surface area contributed by atoms with E-state index in [0.717, 1.165) is 6.54 Å². The van der Waals surface area contributed by atoms with Crippen LogP contribution in [-0.4, -0.2) is 6.54 Å². The Morgan fingerprint density at radius 1 is 0.882 bits per heavy atom. The average molecular weight is 239 g/mol. The van der Waals surface area contributed by atoms with Gasteiger partial charge in [-0.15, -0.1) is 0 Å². The summed E-state index contributed by atoms with van der Waals surface area (Å²) < 4.78 is 0. The van der Waals surface area contributed by atoms with E-state index < -0.39 is 0 Å². The molecule has 0 heterocycles. The molecule has 1 rings (SSSR count). The predicted octanol–water partition coefficient (Wildman–Crippen LogP) is 4.89. The summed E-state index contributed by atoms with van der Waals surface area (Å²) in [5.74, 6) is 0. The Bertz CT molecular complexity index is 198. The quantitative estimate of drug-likeness (QED) is 0.629. The maximum Gasteiger partial charge on any atom is -0.00205 e. The molecule has 0 radical (unpaired) electrons. The maximum absolute atomic E-state index is 6.07.